The molecule has 1 unspecified atom stereocenters. The van der Waals surface area contributed by atoms with Crippen LogP contribution in [0.3, 0.4) is 0 Å². The van der Waals surface area contributed by atoms with Gasteiger partial charge in [-0.3, -0.25) is 4.79 Å². The van der Waals surface area contributed by atoms with Crippen LogP contribution in [-0.4, -0.2) is 22.4 Å². The molecule has 19 heavy (non-hydrogen) atoms. The molecular formula is C12H16N4OS2. The highest BCUT2D eigenvalue weighted by Crippen LogP contribution is 2.18. The van der Waals surface area contributed by atoms with Crippen molar-refractivity contribution >= 4 is 28.6 Å². The van der Waals surface area contributed by atoms with E-state index in [1.165, 1.54) is 11.3 Å². The maximum atomic E-state index is 12.0. The van der Waals surface area contributed by atoms with Crippen LogP contribution in [0.4, 0.5) is 0 Å². The first-order valence-corrected chi connectivity index (χ1v) is 7.73. The minimum atomic E-state index is -0.167. The first-order chi connectivity index (χ1) is 9.10. The van der Waals surface area contributed by atoms with Crippen molar-refractivity contribution < 1.29 is 4.79 Å². The number of aromatic nitrogens is 2. The Balaban J connectivity index is 1.99. The van der Waals surface area contributed by atoms with E-state index >= 15 is 0 Å². The quantitative estimate of drug-likeness (QED) is 0.883. The Morgan fingerprint density at radius 2 is 2.21 bits per heavy atom. The number of carbonyl (C=O) groups excluding carboxylic acids is 1. The number of nitrogens with two attached hydrogens (primary N) is 1. The zero-order valence-electron chi connectivity index (χ0n) is 10.8. The van der Waals surface area contributed by atoms with Crippen LogP contribution in [0.5, 0.6) is 0 Å². The second kappa shape index (κ2) is 6.23. The molecule has 0 aromatic carbocycles. The molecule has 0 spiro atoms. The standard InChI is InChI=1S/C12H16N4OS2/c1-7-5-19-12(14-7)8(2)15-11(17)9-6-18-10(16-9)3-4-13/h5-6,8H,3-4,13H2,1-2H3,(H,15,17). The molecule has 7 heteroatoms. The van der Waals surface area contributed by atoms with E-state index in [-0.39, 0.29) is 11.9 Å². The van der Waals surface area contributed by atoms with Gasteiger partial charge in [-0.25, -0.2) is 9.97 Å². The minimum absolute atomic E-state index is 0.106. The molecule has 0 aliphatic rings. The van der Waals surface area contributed by atoms with E-state index < -0.39 is 0 Å². The summed E-state index contributed by atoms with van der Waals surface area (Å²) in [6.45, 7) is 4.40. The molecule has 0 fully saturated rings. The lowest BCUT2D eigenvalue weighted by atomic mass is 10.3. The van der Waals surface area contributed by atoms with Crippen molar-refractivity contribution in [1.82, 2.24) is 15.3 Å². The van der Waals surface area contributed by atoms with Gasteiger partial charge in [-0.15, -0.1) is 22.7 Å². The molecule has 0 saturated heterocycles. The second-order valence-electron chi connectivity index (χ2n) is 4.19. The summed E-state index contributed by atoms with van der Waals surface area (Å²) < 4.78 is 0. The molecule has 1 amide bonds. The van der Waals surface area contributed by atoms with Crippen molar-refractivity contribution in [3.05, 3.63) is 32.2 Å². The van der Waals surface area contributed by atoms with Gasteiger partial charge in [0.25, 0.3) is 5.91 Å². The number of rotatable bonds is 5. The molecule has 102 valence electrons. The van der Waals surface area contributed by atoms with Gasteiger partial charge >= 0.3 is 0 Å². The Kier molecular flexibility index (Phi) is 4.62. The molecule has 0 radical (unpaired) electrons. The van der Waals surface area contributed by atoms with Gasteiger partial charge in [0.15, 0.2) is 0 Å². The number of hydrogen-bond donors (Lipinski definition) is 2. The predicted molar refractivity (Wildman–Crippen MR) is 77.6 cm³/mol. The van der Waals surface area contributed by atoms with Crippen LogP contribution in [0.25, 0.3) is 0 Å². The van der Waals surface area contributed by atoms with Crippen LogP contribution in [0, 0.1) is 6.92 Å². The van der Waals surface area contributed by atoms with Crippen molar-refractivity contribution in [3.63, 3.8) is 0 Å². The Morgan fingerprint density at radius 1 is 1.42 bits per heavy atom. The molecule has 0 aliphatic carbocycles. The van der Waals surface area contributed by atoms with Crippen LogP contribution in [0.15, 0.2) is 10.8 Å². The second-order valence-corrected chi connectivity index (χ2v) is 6.02. The summed E-state index contributed by atoms with van der Waals surface area (Å²) in [5.41, 5.74) is 6.89. The smallest absolute Gasteiger partial charge is 0.271 e. The van der Waals surface area contributed by atoms with Crippen LogP contribution in [-0.2, 0) is 6.42 Å². The summed E-state index contributed by atoms with van der Waals surface area (Å²) in [7, 11) is 0. The number of hydrogen-bond acceptors (Lipinski definition) is 6. The Labute approximate surface area is 119 Å². The summed E-state index contributed by atoms with van der Waals surface area (Å²) >= 11 is 3.01. The molecule has 2 rings (SSSR count). The topological polar surface area (TPSA) is 80.9 Å². The summed E-state index contributed by atoms with van der Waals surface area (Å²) in [5.74, 6) is -0.167. The number of amides is 1. The van der Waals surface area contributed by atoms with Crippen molar-refractivity contribution in [1.29, 1.82) is 0 Å². The molecule has 2 heterocycles. The van der Waals surface area contributed by atoms with E-state index in [4.69, 9.17) is 5.73 Å². The largest absolute Gasteiger partial charge is 0.342 e. The van der Waals surface area contributed by atoms with Crippen LogP contribution in [0.2, 0.25) is 0 Å². The van der Waals surface area contributed by atoms with Crippen molar-refractivity contribution in [2.75, 3.05) is 6.54 Å². The zero-order valence-corrected chi connectivity index (χ0v) is 12.5. The summed E-state index contributed by atoms with van der Waals surface area (Å²) in [6.07, 6.45) is 0.708. The third-order valence-corrected chi connectivity index (χ3v) is 4.55. The fourth-order valence-electron chi connectivity index (χ4n) is 1.56. The minimum Gasteiger partial charge on any atom is -0.342 e. The lowest BCUT2D eigenvalue weighted by Gasteiger charge is -2.09. The van der Waals surface area contributed by atoms with E-state index in [2.05, 4.69) is 15.3 Å². The lowest BCUT2D eigenvalue weighted by Crippen LogP contribution is -2.26. The first-order valence-electron chi connectivity index (χ1n) is 5.97. The highest BCUT2D eigenvalue weighted by Gasteiger charge is 2.16. The Bertz CT molecular complexity index is 564. The van der Waals surface area contributed by atoms with Gasteiger partial charge < -0.3 is 11.1 Å². The van der Waals surface area contributed by atoms with Gasteiger partial charge in [0.1, 0.15) is 10.7 Å². The molecule has 2 aromatic rings. The molecule has 0 bridgehead atoms. The monoisotopic (exact) mass is 296 g/mol. The molecule has 1 atom stereocenters. The van der Waals surface area contributed by atoms with Gasteiger partial charge in [0.2, 0.25) is 0 Å². The van der Waals surface area contributed by atoms with Gasteiger partial charge in [-0.1, -0.05) is 0 Å². The van der Waals surface area contributed by atoms with E-state index in [9.17, 15) is 4.79 Å². The third kappa shape index (κ3) is 3.59. The van der Waals surface area contributed by atoms with Gasteiger partial charge in [-0.2, -0.15) is 0 Å². The summed E-state index contributed by atoms with van der Waals surface area (Å²) in [5, 5.41) is 8.44. The Hall–Kier alpha value is -1.31. The summed E-state index contributed by atoms with van der Waals surface area (Å²) in [6, 6.07) is -0.106. The normalized spacial score (nSPS) is 12.4. The van der Waals surface area contributed by atoms with E-state index in [0.717, 1.165) is 15.7 Å². The summed E-state index contributed by atoms with van der Waals surface area (Å²) in [4.78, 5) is 20.7. The number of nitrogens with one attached hydrogen (secondary N) is 1. The van der Waals surface area contributed by atoms with Crippen molar-refractivity contribution in [3.8, 4) is 0 Å². The number of aryl methyl sites for hydroxylation is 1. The maximum absolute atomic E-state index is 12.0. The average Bonchev–Trinajstić information content (AvgIpc) is 2.98. The molecule has 0 saturated carbocycles. The zero-order chi connectivity index (χ0) is 13.8. The number of thiazole rings is 2. The molecule has 0 aliphatic heterocycles. The first kappa shape index (κ1) is 14.1. The number of nitrogens with zero attached hydrogens (tertiary/aromatic N) is 2. The van der Waals surface area contributed by atoms with Crippen LogP contribution < -0.4 is 11.1 Å². The van der Waals surface area contributed by atoms with Crippen LogP contribution in [0.1, 0.15) is 39.2 Å². The highest BCUT2D eigenvalue weighted by atomic mass is 32.1. The fourth-order valence-corrected chi connectivity index (χ4v) is 3.15. The maximum Gasteiger partial charge on any atom is 0.271 e. The molecule has 5 nitrogen and oxygen atoms in total. The van der Waals surface area contributed by atoms with E-state index in [1.54, 1.807) is 16.7 Å². The fraction of sp³-hybridized carbons (Fsp3) is 0.417. The molecule has 3 N–H and O–H groups in total. The average molecular weight is 296 g/mol. The van der Waals surface area contributed by atoms with Gasteiger partial charge in [-0.05, 0) is 20.4 Å². The SMILES string of the molecule is Cc1csc(C(C)NC(=O)c2csc(CCN)n2)n1. The Morgan fingerprint density at radius 3 is 2.84 bits per heavy atom. The van der Waals surface area contributed by atoms with Crippen molar-refractivity contribution in [2.45, 2.75) is 26.3 Å². The third-order valence-electron chi connectivity index (χ3n) is 2.50. The van der Waals surface area contributed by atoms with Gasteiger partial charge in [0.05, 0.1) is 11.0 Å². The number of carbonyl (C=O) groups is 1. The molecular weight excluding hydrogens is 280 g/mol. The van der Waals surface area contributed by atoms with E-state index in [0.29, 0.717) is 18.7 Å². The molecule has 2 aromatic heterocycles. The van der Waals surface area contributed by atoms with Crippen molar-refractivity contribution in [2.24, 2.45) is 5.73 Å². The van der Waals surface area contributed by atoms with Gasteiger partial charge in [0, 0.05) is 22.9 Å². The predicted octanol–water partition coefficient (Wildman–Crippen LogP) is 1.90. The lowest BCUT2D eigenvalue weighted by molar-refractivity contribution is 0.0935. The van der Waals surface area contributed by atoms with Crippen LogP contribution >= 0.6 is 22.7 Å². The highest BCUT2D eigenvalue weighted by molar-refractivity contribution is 7.10. The van der Waals surface area contributed by atoms with E-state index in [1.807, 2.05) is 19.2 Å².